The molecule has 1 N–H and O–H groups in total. The Hall–Kier alpha value is -3.27. The SMILES string of the molecule is O=C(NCCCN1CCc2ccccc21)c1ccc(CN2CCc3ccccc32)cc1. The van der Waals surface area contributed by atoms with Crippen LogP contribution in [-0.4, -0.2) is 32.1 Å². The van der Waals surface area contributed by atoms with Crippen LogP contribution >= 0.6 is 0 Å². The van der Waals surface area contributed by atoms with Crippen LogP contribution in [-0.2, 0) is 19.4 Å². The number of anilines is 2. The molecule has 0 saturated heterocycles. The highest BCUT2D eigenvalue weighted by Crippen LogP contribution is 2.29. The Morgan fingerprint density at radius 1 is 0.774 bits per heavy atom. The summed E-state index contributed by atoms with van der Waals surface area (Å²) >= 11 is 0. The summed E-state index contributed by atoms with van der Waals surface area (Å²) in [5.41, 5.74) is 7.52. The summed E-state index contributed by atoms with van der Waals surface area (Å²) in [7, 11) is 0. The fourth-order valence-electron chi connectivity index (χ4n) is 4.77. The zero-order chi connectivity index (χ0) is 21.0. The molecule has 0 atom stereocenters. The average Bonchev–Trinajstić information content (AvgIpc) is 3.41. The number of hydrogen-bond donors (Lipinski definition) is 1. The Kier molecular flexibility index (Phi) is 5.61. The summed E-state index contributed by atoms with van der Waals surface area (Å²) in [5.74, 6) is 0.0138. The number of hydrogen-bond acceptors (Lipinski definition) is 3. The second-order valence-electron chi connectivity index (χ2n) is 8.47. The van der Waals surface area contributed by atoms with E-state index in [1.54, 1.807) is 0 Å². The molecule has 0 fully saturated rings. The van der Waals surface area contributed by atoms with Gasteiger partial charge in [-0.15, -0.1) is 0 Å². The first-order valence-electron chi connectivity index (χ1n) is 11.3. The Labute approximate surface area is 184 Å². The van der Waals surface area contributed by atoms with E-state index < -0.39 is 0 Å². The van der Waals surface area contributed by atoms with Crippen molar-refractivity contribution in [1.82, 2.24) is 5.32 Å². The lowest BCUT2D eigenvalue weighted by Gasteiger charge is -2.20. The first-order valence-corrected chi connectivity index (χ1v) is 11.3. The van der Waals surface area contributed by atoms with Crippen molar-refractivity contribution in [2.75, 3.05) is 36.0 Å². The van der Waals surface area contributed by atoms with Crippen LogP contribution in [0.15, 0.2) is 72.8 Å². The van der Waals surface area contributed by atoms with Gasteiger partial charge in [0.25, 0.3) is 5.91 Å². The molecule has 0 aliphatic carbocycles. The third kappa shape index (κ3) is 4.29. The van der Waals surface area contributed by atoms with E-state index in [1.807, 2.05) is 12.1 Å². The van der Waals surface area contributed by atoms with Gasteiger partial charge in [-0.25, -0.2) is 0 Å². The Morgan fingerprint density at radius 3 is 2.10 bits per heavy atom. The minimum Gasteiger partial charge on any atom is -0.371 e. The first-order chi connectivity index (χ1) is 15.3. The van der Waals surface area contributed by atoms with Gasteiger partial charge in [0.05, 0.1) is 0 Å². The van der Waals surface area contributed by atoms with Crippen molar-refractivity contribution < 1.29 is 4.79 Å². The normalized spacial score (nSPS) is 14.5. The van der Waals surface area contributed by atoms with E-state index in [1.165, 1.54) is 28.1 Å². The highest BCUT2D eigenvalue weighted by molar-refractivity contribution is 5.94. The summed E-state index contributed by atoms with van der Waals surface area (Å²) in [5, 5.41) is 3.08. The number of rotatable bonds is 7. The van der Waals surface area contributed by atoms with Crippen molar-refractivity contribution in [3.05, 3.63) is 95.1 Å². The number of carbonyl (C=O) groups excluding carboxylic acids is 1. The lowest BCUT2D eigenvalue weighted by Crippen LogP contribution is -2.29. The van der Waals surface area contributed by atoms with Crippen LogP contribution < -0.4 is 15.1 Å². The first kappa shape index (κ1) is 19.7. The van der Waals surface area contributed by atoms with Gasteiger partial charge in [-0.1, -0.05) is 48.5 Å². The van der Waals surface area contributed by atoms with Gasteiger partial charge >= 0.3 is 0 Å². The fourth-order valence-corrected chi connectivity index (χ4v) is 4.77. The molecule has 0 unspecified atom stereocenters. The zero-order valence-electron chi connectivity index (χ0n) is 17.9. The number of carbonyl (C=O) groups is 1. The molecule has 31 heavy (non-hydrogen) atoms. The molecule has 4 heteroatoms. The van der Waals surface area contributed by atoms with Crippen molar-refractivity contribution in [2.24, 2.45) is 0 Å². The molecule has 158 valence electrons. The Bertz CT molecular complexity index is 1060. The van der Waals surface area contributed by atoms with Gasteiger partial charge in [0.2, 0.25) is 0 Å². The number of nitrogens with zero attached hydrogens (tertiary/aromatic N) is 2. The molecular formula is C27H29N3O. The number of benzene rings is 3. The van der Waals surface area contributed by atoms with Gasteiger partial charge in [0, 0.05) is 49.7 Å². The van der Waals surface area contributed by atoms with Crippen LogP contribution in [0.1, 0.15) is 33.5 Å². The van der Waals surface area contributed by atoms with Gasteiger partial charge in [-0.3, -0.25) is 4.79 Å². The lowest BCUT2D eigenvalue weighted by atomic mass is 10.1. The smallest absolute Gasteiger partial charge is 0.251 e. The lowest BCUT2D eigenvalue weighted by molar-refractivity contribution is 0.0953. The monoisotopic (exact) mass is 411 g/mol. The highest BCUT2D eigenvalue weighted by Gasteiger charge is 2.19. The number of nitrogens with one attached hydrogen (secondary N) is 1. The quantitative estimate of drug-likeness (QED) is 0.584. The highest BCUT2D eigenvalue weighted by atomic mass is 16.1. The molecule has 0 saturated carbocycles. The van der Waals surface area contributed by atoms with Gasteiger partial charge < -0.3 is 15.1 Å². The van der Waals surface area contributed by atoms with E-state index in [0.29, 0.717) is 6.54 Å². The molecule has 0 bridgehead atoms. The summed E-state index contributed by atoms with van der Waals surface area (Å²) in [6.45, 7) is 4.70. The largest absolute Gasteiger partial charge is 0.371 e. The predicted molar refractivity (Wildman–Crippen MR) is 127 cm³/mol. The maximum absolute atomic E-state index is 12.5. The minimum atomic E-state index is 0.0138. The van der Waals surface area contributed by atoms with Crippen LogP contribution in [0.4, 0.5) is 11.4 Å². The third-order valence-electron chi connectivity index (χ3n) is 6.45. The summed E-state index contributed by atoms with van der Waals surface area (Å²) in [4.78, 5) is 17.4. The van der Waals surface area contributed by atoms with Crippen LogP contribution in [0.3, 0.4) is 0 Å². The molecule has 0 radical (unpaired) electrons. The third-order valence-corrected chi connectivity index (χ3v) is 6.45. The van der Waals surface area contributed by atoms with Crippen molar-refractivity contribution in [1.29, 1.82) is 0 Å². The van der Waals surface area contributed by atoms with Gasteiger partial charge in [0.15, 0.2) is 0 Å². The summed E-state index contributed by atoms with van der Waals surface area (Å²) < 4.78 is 0. The molecule has 1 amide bonds. The molecule has 0 aromatic heterocycles. The Balaban J connectivity index is 1.09. The predicted octanol–water partition coefficient (Wildman–Crippen LogP) is 4.43. The standard InChI is InChI=1S/C27H29N3O/c31-27(28-16-5-17-29-18-14-22-6-1-3-8-25(22)29)24-12-10-21(11-13-24)20-30-19-15-23-7-2-4-9-26(23)30/h1-4,6-13H,5,14-20H2,(H,28,31). The van der Waals surface area contributed by atoms with Crippen molar-refractivity contribution in [3.63, 3.8) is 0 Å². The molecule has 5 rings (SSSR count). The van der Waals surface area contributed by atoms with E-state index in [2.05, 4.69) is 75.8 Å². The molecule has 0 spiro atoms. The van der Waals surface area contributed by atoms with Gasteiger partial charge in [0.1, 0.15) is 0 Å². The summed E-state index contributed by atoms with van der Waals surface area (Å²) in [6.07, 6.45) is 3.18. The van der Waals surface area contributed by atoms with Crippen molar-refractivity contribution in [3.8, 4) is 0 Å². The molecule has 4 nitrogen and oxygen atoms in total. The van der Waals surface area contributed by atoms with Crippen LogP contribution in [0.5, 0.6) is 0 Å². The zero-order valence-corrected chi connectivity index (χ0v) is 17.9. The van der Waals surface area contributed by atoms with E-state index in [0.717, 1.165) is 51.0 Å². The molecular weight excluding hydrogens is 382 g/mol. The van der Waals surface area contributed by atoms with E-state index in [4.69, 9.17) is 0 Å². The second kappa shape index (κ2) is 8.84. The maximum Gasteiger partial charge on any atom is 0.251 e. The minimum absolute atomic E-state index is 0.0138. The fraction of sp³-hybridized carbons (Fsp3) is 0.296. The Morgan fingerprint density at radius 2 is 1.39 bits per heavy atom. The van der Waals surface area contributed by atoms with E-state index in [9.17, 15) is 4.79 Å². The average molecular weight is 412 g/mol. The summed E-state index contributed by atoms with van der Waals surface area (Å²) in [6, 6.07) is 25.3. The second-order valence-corrected chi connectivity index (χ2v) is 8.47. The van der Waals surface area contributed by atoms with E-state index in [-0.39, 0.29) is 5.91 Å². The molecule has 2 heterocycles. The molecule has 3 aromatic carbocycles. The topological polar surface area (TPSA) is 35.6 Å². The maximum atomic E-state index is 12.5. The van der Waals surface area contributed by atoms with Gasteiger partial charge in [-0.05, 0) is 60.2 Å². The molecule has 3 aromatic rings. The van der Waals surface area contributed by atoms with E-state index >= 15 is 0 Å². The number of amides is 1. The van der Waals surface area contributed by atoms with Crippen LogP contribution in [0.2, 0.25) is 0 Å². The number of para-hydroxylation sites is 2. The van der Waals surface area contributed by atoms with Gasteiger partial charge in [-0.2, -0.15) is 0 Å². The molecule has 2 aliphatic rings. The van der Waals surface area contributed by atoms with Crippen molar-refractivity contribution >= 4 is 17.3 Å². The van der Waals surface area contributed by atoms with Crippen LogP contribution in [0.25, 0.3) is 0 Å². The van der Waals surface area contributed by atoms with Crippen molar-refractivity contribution in [2.45, 2.75) is 25.8 Å². The number of fused-ring (bicyclic) bond motifs is 2. The van der Waals surface area contributed by atoms with Crippen LogP contribution in [0, 0.1) is 0 Å². The molecule has 2 aliphatic heterocycles.